The van der Waals surface area contributed by atoms with Gasteiger partial charge in [-0.1, -0.05) is 6.42 Å². The molecule has 0 bridgehead atoms. The second-order valence-electron chi connectivity index (χ2n) is 11.6. The predicted molar refractivity (Wildman–Crippen MR) is 135 cm³/mol. The van der Waals surface area contributed by atoms with Gasteiger partial charge in [-0.05, 0) is 71.8 Å². The van der Waals surface area contributed by atoms with Gasteiger partial charge in [-0.25, -0.2) is 17.6 Å². The number of hydrazine groups is 1. The summed E-state index contributed by atoms with van der Waals surface area (Å²) in [5.41, 5.74) is 1.61. The Balaban J connectivity index is 1.49. The van der Waals surface area contributed by atoms with Crippen LogP contribution in [0.1, 0.15) is 59.3 Å². The molecule has 3 aliphatic rings. The Bertz CT molecular complexity index is 889. The number of amides is 2. The van der Waals surface area contributed by atoms with Crippen LogP contribution in [0.5, 0.6) is 0 Å². The van der Waals surface area contributed by atoms with E-state index >= 15 is 0 Å². The van der Waals surface area contributed by atoms with Crippen LogP contribution in [0.15, 0.2) is 0 Å². The molecule has 0 aromatic rings. The van der Waals surface area contributed by atoms with Crippen molar-refractivity contribution in [3.05, 3.63) is 0 Å². The second-order valence-corrected chi connectivity index (χ2v) is 13.9. The second kappa shape index (κ2) is 12.1. The molecule has 0 aromatic heterocycles. The number of sulfonamides is 1. The summed E-state index contributed by atoms with van der Waals surface area (Å²) in [6.07, 6.45) is 1.37. The van der Waals surface area contributed by atoms with Crippen molar-refractivity contribution in [2.75, 3.05) is 26.0 Å². The van der Waals surface area contributed by atoms with E-state index < -0.39 is 45.1 Å². The lowest BCUT2D eigenvalue weighted by atomic mass is 9.76. The summed E-state index contributed by atoms with van der Waals surface area (Å²) in [5, 5.41) is 5.38. The number of nitrogens with one attached hydrogen (secondary N) is 4. The Labute approximate surface area is 218 Å². The van der Waals surface area contributed by atoms with Gasteiger partial charge in [0.25, 0.3) is 0 Å². The van der Waals surface area contributed by atoms with Gasteiger partial charge in [-0.15, -0.1) is 16.4 Å². The first-order chi connectivity index (χ1) is 16.7. The van der Waals surface area contributed by atoms with E-state index in [9.17, 15) is 22.4 Å². The van der Waals surface area contributed by atoms with Crippen LogP contribution < -0.4 is 20.9 Å². The zero-order chi connectivity index (χ0) is 26.7. The molecule has 0 aromatic carbocycles. The van der Waals surface area contributed by atoms with Crippen LogP contribution in [0.25, 0.3) is 0 Å². The third-order valence-corrected chi connectivity index (χ3v) is 8.88. The smallest absolute Gasteiger partial charge is 0.407 e. The van der Waals surface area contributed by atoms with Crippen molar-refractivity contribution in [2.24, 2.45) is 17.8 Å². The Hall–Kier alpha value is -1.21. The molecule has 5 unspecified atom stereocenters. The van der Waals surface area contributed by atoms with Crippen molar-refractivity contribution in [3.8, 4) is 0 Å². The highest BCUT2D eigenvalue weighted by Crippen LogP contribution is 2.37. The maximum Gasteiger partial charge on any atom is 0.407 e. The Morgan fingerprint density at radius 1 is 1.19 bits per heavy atom. The van der Waals surface area contributed by atoms with Crippen LogP contribution in [0.2, 0.25) is 0 Å². The topological polar surface area (TPSA) is 129 Å². The molecule has 2 aliphatic carbocycles. The highest BCUT2D eigenvalue weighted by molar-refractivity contribution is 7.89. The fourth-order valence-corrected chi connectivity index (χ4v) is 7.15. The molecule has 3 fully saturated rings. The van der Waals surface area contributed by atoms with E-state index in [1.807, 2.05) is 7.05 Å². The van der Waals surface area contributed by atoms with Gasteiger partial charge in [0.05, 0.1) is 17.0 Å². The molecule has 2 amide bonds. The number of likely N-dealkylation sites (N-methyl/N-ethyl adjacent to an activating group) is 1. The number of ether oxygens (including phenoxy) is 1. The molecule has 1 heterocycles. The molecule has 1 saturated heterocycles. The number of hydrogen-bond acceptors (Lipinski definition) is 7. The average Bonchev–Trinajstić information content (AvgIpc) is 3.19. The van der Waals surface area contributed by atoms with E-state index in [-0.39, 0.29) is 29.7 Å². The minimum absolute atomic E-state index is 0.0217. The summed E-state index contributed by atoms with van der Waals surface area (Å²) in [6, 6.07) is -0.0666. The number of alkyl halides is 2. The van der Waals surface area contributed by atoms with E-state index in [0.717, 1.165) is 26.1 Å². The van der Waals surface area contributed by atoms with Gasteiger partial charge in [0.2, 0.25) is 15.9 Å². The maximum atomic E-state index is 14.8. The lowest BCUT2D eigenvalue weighted by Gasteiger charge is -2.37. The summed E-state index contributed by atoms with van der Waals surface area (Å²) in [5.74, 6) is -2.12. The van der Waals surface area contributed by atoms with Gasteiger partial charge < -0.3 is 10.1 Å². The maximum absolute atomic E-state index is 14.8. The fourth-order valence-electron chi connectivity index (χ4n) is 5.48. The van der Waals surface area contributed by atoms with Crippen molar-refractivity contribution in [2.45, 2.75) is 88.5 Å². The van der Waals surface area contributed by atoms with Crippen LogP contribution in [-0.2, 0) is 19.6 Å². The number of carbonyl (C=O) groups is 2. The number of alkyl carbamates (subject to hydrolysis) is 1. The zero-order valence-electron chi connectivity index (χ0n) is 21.6. The van der Waals surface area contributed by atoms with E-state index in [4.69, 9.17) is 16.3 Å². The highest BCUT2D eigenvalue weighted by atomic mass is 35.5. The number of carbonyl (C=O) groups excluding carboxylic acids is 2. The summed E-state index contributed by atoms with van der Waals surface area (Å²) < 4.78 is 45.5. The van der Waals surface area contributed by atoms with Crippen molar-refractivity contribution in [3.63, 3.8) is 0 Å². The molecular weight excluding hydrogens is 513 g/mol. The van der Waals surface area contributed by atoms with Crippen LogP contribution >= 0.6 is 11.6 Å². The van der Waals surface area contributed by atoms with E-state index in [1.54, 1.807) is 20.8 Å². The van der Waals surface area contributed by atoms with Gasteiger partial charge in [-0.3, -0.25) is 20.4 Å². The lowest BCUT2D eigenvalue weighted by molar-refractivity contribution is -0.129. The third kappa shape index (κ3) is 8.68. The van der Waals surface area contributed by atoms with Crippen molar-refractivity contribution in [1.29, 1.82) is 0 Å². The Morgan fingerprint density at radius 2 is 1.92 bits per heavy atom. The number of halogens is 2. The molecule has 4 N–H and O–H groups in total. The molecular formula is C23H41ClFN5O5S. The van der Waals surface area contributed by atoms with Gasteiger partial charge in [0, 0.05) is 25.3 Å². The normalized spacial score (nSPS) is 34.2. The first kappa shape index (κ1) is 29.3. The molecule has 10 nitrogen and oxygen atoms in total. The summed E-state index contributed by atoms with van der Waals surface area (Å²) in [6.45, 7) is 6.84. The van der Waals surface area contributed by atoms with Gasteiger partial charge >= 0.3 is 6.09 Å². The van der Waals surface area contributed by atoms with Gasteiger partial charge in [0.1, 0.15) is 11.8 Å². The molecule has 0 spiro atoms. The largest absolute Gasteiger partial charge is 0.444 e. The minimum atomic E-state index is -3.86. The fraction of sp³-hybridized carbons (Fsp3) is 0.913. The predicted octanol–water partition coefficient (Wildman–Crippen LogP) is 1.85. The SMILES string of the molecule is CN1CNC(C2CC(Cl)C(F)C(C(=O)NNS(=O)(=O)C[C@H]3CCC[C@H](NC(=O)OC(C)(C)C)C3)C2)C1. The van der Waals surface area contributed by atoms with Crippen molar-refractivity contribution >= 4 is 33.6 Å². The molecule has 208 valence electrons. The van der Waals surface area contributed by atoms with Crippen LogP contribution in [-0.4, -0.2) is 80.6 Å². The Morgan fingerprint density at radius 3 is 2.56 bits per heavy atom. The van der Waals surface area contributed by atoms with Crippen molar-refractivity contribution < 1.29 is 27.1 Å². The minimum Gasteiger partial charge on any atom is -0.444 e. The Kier molecular flexibility index (Phi) is 9.87. The van der Waals surface area contributed by atoms with Crippen molar-refractivity contribution in [1.82, 2.24) is 25.8 Å². The quantitative estimate of drug-likeness (QED) is 0.280. The summed E-state index contributed by atoms with van der Waals surface area (Å²) >= 11 is 6.25. The van der Waals surface area contributed by atoms with E-state index in [2.05, 4.69) is 25.8 Å². The van der Waals surface area contributed by atoms with E-state index in [1.165, 1.54) is 0 Å². The molecule has 7 atom stereocenters. The monoisotopic (exact) mass is 553 g/mol. The van der Waals surface area contributed by atoms with Crippen LogP contribution in [0.3, 0.4) is 0 Å². The first-order valence-corrected chi connectivity index (χ1v) is 14.8. The van der Waals surface area contributed by atoms with Crippen LogP contribution in [0, 0.1) is 17.8 Å². The average molecular weight is 554 g/mol. The van der Waals surface area contributed by atoms with Gasteiger partial charge in [-0.2, -0.15) is 0 Å². The molecule has 3 rings (SSSR count). The lowest BCUT2D eigenvalue weighted by Crippen LogP contribution is -2.52. The summed E-state index contributed by atoms with van der Waals surface area (Å²) in [7, 11) is -1.88. The first-order valence-electron chi connectivity index (χ1n) is 12.7. The standard InChI is InChI=1S/C23H41ClFN5O5S/c1-23(2,3)35-22(32)27-16-7-5-6-14(8-16)12-36(33,34)29-28-21(31)17-9-15(10-18(24)20(17)25)19-11-30(4)13-26-19/h14-20,26,29H,5-13H2,1-4H3,(H,27,32)(H,28,31)/t14-,15?,16-,17?,18?,19?,20?/m0/s1. The summed E-state index contributed by atoms with van der Waals surface area (Å²) in [4.78, 5) is 29.1. The zero-order valence-corrected chi connectivity index (χ0v) is 23.1. The molecule has 36 heavy (non-hydrogen) atoms. The molecule has 1 aliphatic heterocycles. The van der Waals surface area contributed by atoms with E-state index in [0.29, 0.717) is 25.7 Å². The highest BCUT2D eigenvalue weighted by Gasteiger charge is 2.44. The number of hydrogen-bond donors (Lipinski definition) is 4. The third-order valence-electron chi connectivity index (χ3n) is 7.14. The molecule has 13 heteroatoms. The molecule has 2 saturated carbocycles. The van der Waals surface area contributed by atoms with Crippen LogP contribution in [0.4, 0.5) is 9.18 Å². The molecule has 0 radical (unpaired) electrons. The van der Waals surface area contributed by atoms with Gasteiger partial charge in [0.15, 0.2) is 0 Å². The number of rotatable bonds is 7. The number of nitrogens with zero attached hydrogens (tertiary/aromatic N) is 1.